The molecule has 9 heteroatoms. The number of hydrogen-bond donors (Lipinski definition) is 2. The Labute approximate surface area is 230 Å². The second-order valence-corrected chi connectivity index (χ2v) is 11.1. The summed E-state index contributed by atoms with van der Waals surface area (Å²) in [6.07, 6.45) is 4.18. The van der Waals surface area contributed by atoms with Gasteiger partial charge in [0, 0.05) is 41.3 Å². The van der Waals surface area contributed by atoms with Crippen molar-refractivity contribution in [1.29, 1.82) is 0 Å². The minimum absolute atomic E-state index is 0.0856. The highest BCUT2D eigenvalue weighted by atomic mass is 79.9. The highest BCUT2D eigenvalue weighted by Crippen LogP contribution is 2.47. The maximum atomic E-state index is 13.0. The Hall–Kier alpha value is -2.42. The minimum atomic E-state index is -0.415. The normalized spacial score (nSPS) is 18.0. The highest BCUT2D eigenvalue weighted by Gasteiger charge is 2.40. The van der Waals surface area contributed by atoms with Gasteiger partial charge in [0.25, 0.3) is 5.91 Å². The molecular weight excluding hydrogens is 612 g/mol. The number of anilines is 1. The lowest BCUT2D eigenvalue weighted by Crippen LogP contribution is -2.36. The molecule has 2 aliphatic carbocycles. The van der Waals surface area contributed by atoms with Crippen LogP contribution in [-0.2, 0) is 14.4 Å². The number of Topliss-reactive ketones (excluding diaryl/α,β-unsaturated/α-hetero) is 2. The van der Waals surface area contributed by atoms with Crippen molar-refractivity contribution in [1.82, 2.24) is 5.32 Å². The van der Waals surface area contributed by atoms with E-state index < -0.39 is 5.92 Å². The molecule has 0 spiro atoms. The average Bonchev–Trinajstić information content (AvgIpc) is 2.84. The molecule has 36 heavy (non-hydrogen) atoms. The Kier molecular flexibility index (Phi) is 7.37. The first-order valence-corrected chi connectivity index (χ1v) is 13.8. The van der Waals surface area contributed by atoms with Gasteiger partial charge in [-0.3, -0.25) is 14.4 Å². The highest BCUT2D eigenvalue weighted by molar-refractivity contribution is 9.11. The summed E-state index contributed by atoms with van der Waals surface area (Å²) in [6.45, 7) is -0.226. The molecule has 0 aromatic heterocycles. The lowest BCUT2D eigenvalue weighted by molar-refractivity contribution is -0.118. The number of ether oxygens (including phenoxy) is 1. The molecule has 1 aliphatic heterocycles. The molecule has 0 atom stereocenters. The summed E-state index contributed by atoms with van der Waals surface area (Å²) in [5.74, 6) is -0.142. The van der Waals surface area contributed by atoms with Gasteiger partial charge in [-0.2, -0.15) is 0 Å². The predicted octanol–water partition coefficient (Wildman–Crippen LogP) is 6.58. The molecule has 0 radical (unpaired) electrons. The molecule has 2 aromatic rings. The first kappa shape index (κ1) is 25.2. The molecule has 5 rings (SSSR count). The number of nitrogens with one attached hydrogen (secondary N) is 2. The Bertz CT molecular complexity index is 1290. The minimum Gasteiger partial charge on any atom is -0.481 e. The SMILES string of the molecule is O=C(COc1c(Br)cc(C2C3=C(CCCC3=O)NC3=C2C(=O)CCC3)cc1Br)Nc1ccccc1Cl. The van der Waals surface area contributed by atoms with Gasteiger partial charge in [0.05, 0.1) is 19.7 Å². The smallest absolute Gasteiger partial charge is 0.262 e. The van der Waals surface area contributed by atoms with Gasteiger partial charge in [-0.05, 0) is 87.4 Å². The lowest BCUT2D eigenvalue weighted by atomic mass is 9.71. The largest absolute Gasteiger partial charge is 0.481 e. The molecule has 186 valence electrons. The summed E-state index contributed by atoms with van der Waals surface area (Å²) in [5, 5.41) is 6.61. The summed E-state index contributed by atoms with van der Waals surface area (Å²) < 4.78 is 7.05. The number of ketones is 2. The Morgan fingerprint density at radius 3 is 2.14 bits per heavy atom. The molecule has 2 N–H and O–H groups in total. The average molecular weight is 635 g/mol. The third kappa shape index (κ3) is 4.91. The van der Waals surface area contributed by atoms with Gasteiger partial charge in [0.2, 0.25) is 0 Å². The fourth-order valence-corrected chi connectivity index (χ4v) is 6.72. The third-order valence-electron chi connectivity index (χ3n) is 6.64. The van der Waals surface area contributed by atoms with E-state index in [9.17, 15) is 14.4 Å². The number of amides is 1. The zero-order valence-electron chi connectivity index (χ0n) is 19.3. The molecule has 0 saturated carbocycles. The van der Waals surface area contributed by atoms with Crippen molar-refractivity contribution in [2.75, 3.05) is 11.9 Å². The molecule has 1 heterocycles. The maximum Gasteiger partial charge on any atom is 0.262 e. The standard InChI is InChI=1S/C27H23Br2ClN2O4/c28-15-11-14(12-16(29)27(15)36-13-23(35)32-18-6-2-1-5-17(18)30)24-25-19(7-3-9-21(25)33)31-20-8-4-10-22(34)26(20)24/h1-2,5-6,11-12,24,31H,3-4,7-10,13H2,(H,32,35). The number of carbonyl (C=O) groups is 3. The van der Waals surface area contributed by atoms with Crippen molar-refractivity contribution < 1.29 is 19.1 Å². The summed E-state index contributed by atoms with van der Waals surface area (Å²) in [4.78, 5) is 38.5. The summed E-state index contributed by atoms with van der Waals surface area (Å²) in [6, 6.07) is 10.7. The van der Waals surface area contributed by atoms with Crippen LogP contribution in [0.1, 0.15) is 50.0 Å². The number of carbonyl (C=O) groups excluding carboxylic acids is 3. The molecule has 6 nitrogen and oxygen atoms in total. The van der Waals surface area contributed by atoms with Crippen molar-refractivity contribution in [2.45, 2.75) is 44.4 Å². The monoisotopic (exact) mass is 632 g/mol. The second-order valence-electron chi connectivity index (χ2n) is 9.03. The zero-order valence-corrected chi connectivity index (χ0v) is 23.2. The number of benzene rings is 2. The van der Waals surface area contributed by atoms with E-state index in [1.165, 1.54) is 0 Å². The van der Waals surface area contributed by atoms with Gasteiger partial charge in [-0.25, -0.2) is 0 Å². The van der Waals surface area contributed by atoms with E-state index in [4.69, 9.17) is 16.3 Å². The van der Waals surface area contributed by atoms with Crippen molar-refractivity contribution >= 4 is 66.6 Å². The number of hydrogen-bond acceptors (Lipinski definition) is 5. The number of halogens is 3. The summed E-state index contributed by atoms with van der Waals surface area (Å²) >= 11 is 13.3. The van der Waals surface area contributed by atoms with E-state index in [1.54, 1.807) is 24.3 Å². The third-order valence-corrected chi connectivity index (χ3v) is 8.15. The van der Waals surface area contributed by atoms with Crippen LogP contribution in [-0.4, -0.2) is 24.1 Å². The molecule has 0 unspecified atom stereocenters. The quantitative estimate of drug-likeness (QED) is 0.388. The van der Waals surface area contributed by atoms with Crippen molar-refractivity contribution in [3.63, 3.8) is 0 Å². The van der Waals surface area contributed by atoms with E-state index >= 15 is 0 Å². The van der Waals surface area contributed by atoms with E-state index in [0.717, 1.165) is 42.6 Å². The molecule has 1 amide bonds. The van der Waals surface area contributed by atoms with Gasteiger partial charge in [-0.15, -0.1) is 0 Å². The Balaban J connectivity index is 1.43. The van der Waals surface area contributed by atoms with Crippen LogP contribution >= 0.6 is 43.5 Å². The van der Waals surface area contributed by atoms with Gasteiger partial charge in [-0.1, -0.05) is 23.7 Å². The molecule has 0 saturated heterocycles. The van der Waals surface area contributed by atoms with E-state index in [1.807, 2.05) is 12.1 Å². The van der Waals surface area contributed by atoms with Crippen LogP contribution in [0.2, 0.25) is 5.02 Å². The van der Waals surface area contributed by atoms with Crippen LogP contribution in [0.15, 0.2) is 67.9 Å². The van der Waals surface area contributed by atoms with E-state index in [2.05, 4.69) is 42.5 Å². The molecule has 0 bridgehead atoms. The number of allylic oxidation sites excluding steroid dienone is 4. The van der Waals surface area contributed by atoms with Crippen LogP contribution < -0.4 is 15.4 Å². The van der Waals surface area contributed by atoms with Gasteiger partial charge in [0.15, 0.2) is 18.2 Å². The molecular formula is C27H23Br2ClN2O4. The second kappa shape index (κ2) is 10.5. The molecule has 3 aliphatic rings. The molecule has 2 aromatic carbocycles. The van der Waals surface area contributed by atoms with Crippen molar-refractivity contribution in [3.05, 3.63) is 78.5 Å². The van der Waals surface area contributed by atoms with Crippen LogP contribution in [0.25, 0.3) is 0 Å². The van der Waals surface area contributed by atoms with Crippen LogP contribution in [0, 0.1) is 0 Å². The topological polar surface area (TPSA) is 84.5 Å². The van der Waals surface area contributed by atoms with Gasteiger partial charge < -0.3 is 15.4 Å². The zero-order chi connectivity index (χ0) is 25.4. The van der Waals surface area contributed by atoms with Gasteiger partial charge in [0.1, 0.15) is 5.75 Å². The lowest BCUT2D eigenvalue weighted by Gasteiger charge is -2.37. The van der Waals surface area contributed by atoms with Crippen LogP contribution in [0.4, 0.5) is 5.69 Å². The number of para-hydroxylation sites is 1. The fourth-order valence-electron chi connectivity index (χ4n) is 5.09. The molecule has 0 fully saturated rings. The van der Waals surface area contributed by atoms with E-state index in [-0.39, 0.29) is 24.1 Å². The predicted molar refractivity (Wildman–Crippen MR) is 145 cm³/mol. The van der Waals surface area contributed by atoms with E-state index in [0.29, 0.717) is 49.4 Å². The van der Waals surface area contributed by atoms with Crippen molar-refractivity contribution in [2.24, 2.45) is 0 Å². The van der Waals surface area contributed by atoms with Gasteiger partial charge >= 0.3 is 0 Å². The first-order valence-electron chi connectivity index (χ1n) is 11.8. The maximum absolute atomic E-state index is 13.0. The van der Waals surface area contributed by atoms with Crippen LogP contribution in [0.3, 0.4) is 0 Å². The Morgan fingerprint density at radius 1 is 0.972 bits per heavy atom. The number of dihydropyridines is 1. The van der Waals surface area contributed by atoms with Crippen molar-refractivity contribution in [3.8, 4) is 5.75 Å². The Morgan fingerprint density at radius 2 is 1.56 bits per heavy atom. The number of rotatable bonds is 5. The summed E-state index contributed by atoms with van der Waals surface area (Å²) in [5.41, 5.74) is 4.61. The van der Waals surface area contributed by atoms with Crippen LogP contribution in [0.5, 0.6) is 5.75 Å². The fraction of sp³-hybridized carbons (Fsp3) is 0.296. The summed E-state index contributed by atoms with van der Waals surface area (Å²) in [7, 11) is 0. The first-order chi connectivity index (χ1) is 17.3.